The maximum atomic E-state index is 5.75. The Bertz CT molecular complexity index is 803. The van der Waals surface area contributed by atoms with Crippen molar-refractivity contribution in [3.8, 4) is 5.75 Å². The Kier molecular flexibility index (Phi) is 2.99. The Labute approximate surface area is 129 Å². The van der Waals surface area contributed by atoms with Crippen LogP contribution in [-0.4, -0.2) is 26.5 Å². The van der Waals surface area contributed by atoms with Crippen LogP contribution in [0.15, 0.2) is 35.3 Å². The molecule has 1 aliphatic heterocycles. The molecule has 7 heteroatoms. The highest BCUT2D eigenvalue weighted by Crippen LogP contribution is 2.39. The molecular weight excluding hydrogens is 334 g/mol. The average Bonchev–Trinajstić information content (AvgIpc) is 2.98. The Balaban J connectivity index is 1.73. The summed E-state index contributed by atoms with van der Waals surface area (Å²) in [5.41, 5.74) is 2.61. The van der Waals surface area contributed by atoms with E-state index in [0.29, 0.717) is 12.3 Å². The van der Waals surface area contributed by atoms with Gasteiger partial charge >= 0.3 is 0 Å². The summed E-state index contributed by atoms with van der Waals surface area (Å²) in [4.78, 5) is 15.7. The standard InChI is InChI=1S/C14H12BrN5O/c15-9-3-1-2-8-10(4-5-21-12(8)9)20-14-11-13(17-6-16-11)18-7-19-14/h1-3,6-7,10H,4-5H2,(H2,16,17,18,19,20)/t10-/m0/s1. The molecule has 0 saturated heterocycles. The second kappa shape index (κ2) is 5.00. The number of nitrogens with one attached hydrogen (secondary N) is 2. The molecular formula is C14H12BrN5O. The summed E-state index contributed by atoms with van der Waals surface area (Å²) >= 11 is 3.53. The van der Waals surface area contributed by atoms with Crippen LogP contribution in [0.5, 0.6) is 5.75 Å². The van der Waals surface area contributed by atoms with E-state index >= 15 is 0 Å². The van der Waals surface area contributed by atoms with Crippen LogP contribution in [0.4, 0.5) is 5.82 Å². The lowest BCUT2D eigenvalue weighted by Crippen LogP contribution is -2.21. The summed E-state index contributed by atoms with van der Waals surface area (Å²) in [6.45, 7) is 0.671. The van der Waals surface area contributed by atoms with Gasteiger partial charge in [-0.25, -0.2) is 15.0 Å². The van der Waals surface area contributed by atoms with Crippen molar-refractivity contribution in [2.24, 2.45) is 0 Å². The van der Waals surface area contributed by atoms with E-state index in [1.54, 1.807) is 6.33 Å². The molecule has 1 atom stereocenters. The van der Waals surface area contributed by atoms with Crippen LogP contribution in [0.3, 0.4) is 0 Å². The van der Waals surface area contributed by atoms with Crippen molar-refractivity contribution in [2.45, 2.75) is 12.5 Å². The maximum Gasteiger partial charge on any atom is 0.182 e. The fourth-order valence-electron chi connectivity index (χ4n) is 2.58. The van der Waals surface area contributed by atoms with Crippen LogP contribution in [0.2, 0.25) is 0 Å². The van der Waals surface area contributed by atoms with Gasteiger partial charge in [-0.1, -0.05) is 12.1 Å². The molecule has 1 aromatic carbocycles. The Hall–Kier alpha value is -2.15. The minimum Gasteiger partial charge on any atom is -0.492 e. The molecule has 3 aromatic rings. The van der Waals surface area contributed by atoms with E-state index < -0.39 is 0 Å². The van der Waals surface area contributed by atoms with Gasteiger partial charge in [-0.3, -0.25) is 0 Å². The molecule has 0 bridgehead atoms. The van der Waals surface area contributed by atoms with Crippen LogP contribution >= 0.6 is 15.9 Å². The summed E-state index contributed by atoms with van der Waals surface area (Å²) in [7, 11) is 0. The molecule has 0 amide bonds. The highest BCUT2D eigenvalue weighted by molar-refractivity contribution is 9.10. The first kappa shape index (κ1) is 12.6. The summed E-state index contributed by atoms with van der Waals surface area (Å²) in [5.74, 6) is 1.66. The number of ether oxygens (including phenoxy) is 1. The van der Waals surface area contributed by atoms with E-state index in [2.05, 4.69) is 47.2 Å². The summed E-state index contributed by atoms with van der Waals surface area (Å²) in [6, 6.07) is 6.21. The smallest absolute Gasteiger partial charge is 0.182 e. The second-order valence-corrected chi connectivity index (χ2v) is 5.67. The molecule has 0 aliphatic carbocycles. The Morgan fingerprint density at radius 2 is 2.24 bits per heavy atom. The van der Waals surface area contributed by atoms with Gasteiger partial charge in [-0.2, -0.15) is 0 Å². The number of fused-ring (bicyclic) bond motifs is 2. The lowest BCUT2D eigenvalue weighted by molar-refractivity contribution is 0.272. The molecule has 0 fully saturated rings. The van der Waals surface area contributed by atoms with Crippen molar-refractivity contribution in [1.29, 1.82) is 0 Å². The minimum absolute atomic E-state index is 0.146. The van der Waals surface area contributed by atoms with Gasteiger partial charge in [-0.15, -0.1) is 0 Å². The molecule has 6 nitrogen and oxygen atoms in total. The second-order valence-electron chi connectivity index (χ2n) is 4.82. The van der Waals surface area contributed by atoms with Crippen molar-refractivity contribution in [1.82, 2.24) is 19.9 Å². The van der Waals surface area contributed by atoms with Crippen molar-refractivity contribution < 1.29 is 4.74 Å². The normalized spacial score (nSPS) is 17.3. The lowest BCUT2D eigenvalue weighted by atomic mass is 10.0. The molecule has 0 radical (unpaired) electrons. The fraction of sp³-hybridized carbons (Fsp3) is 0.214. The lowest BCUT2D eigenvalue weighted by Gasteiger charge is -2.27. The highest BCUT2D eigenvalue weighted by Gasteiger charge is 2.24. The molecule has 0 unspecified atom stereocenters. The summed E-state index contributed by atoms with van der Waals surface area (Å²) in [6.07, 6.45) is 4.02. The molecule has 0 saturated carbocycles. The van der Waals surface area contributed by atoms with Crippen LogP contribution < -0.4 is 10.1 Å². The highest BCUT2D eigenvalue weighted by atomic mass is 79.9. The first-order chi connectivity index (χ1) is 10.3. The number of rotatable bonds is 2. The van der Waals surface area contributed by atoms with Crippen LogP contribution in [-0.2, 0) is 0 Å². The third-order valence-corrected chi connectivity index (χ3v) is 4.18. The number of anilines is 1. The third-order valence-electron chi connectivity index (χ3n) is 3.56. The largest absolute Gasteiger partial charge is 0.492 e. The molecule has 2 aromatic heterocycles. The maximum absolute atomic E-state index is 5.75. The quantitative estimate of drug-likeness (QED) is 0.746. The first-order valence-electron chi connectivity index (χ1n) is 6.65. The minimum atomic E-state index is 0.146. The van der Waals surface area contributed by atoms with Crippen molar-refractivity contribution >= 4 is 32.9 Å². The molecule has 106 valence electrons. The Morgan fingerprint density at radius 1 is 1.29 bits per heavy atom. The van der Waals surface area contributed by atoms with Crippen molar-refractivity contribution in [2.75, 3.05) is 11.9 Å². The SMILES string of the molecule is Brc1cccc2c1OCC[C@@H]2Nc1ncnc2nc[nH]c12. The predicted molar refractivity (Wildman–Crippen MR) is 82.3 cm³/mol. The van der Waals surface area contributed by atoms with Gasteiger partial charge in [0.15, 0.2) is 11.5 Å². The number of hydrogen-bond acceptors (Lipinski definition) is 5. The predicted octanol–water partition coefficient (Wildman–Crippen LogP) is 3.05. The monoisotopic (exact) mass is 345 g/mol. The van der Waals surface area contributed by atoms with Gasteiger partial charge in [0.05, 0.1) is 23.4 Å². The van der Waals surface area contributed by atoms with Crippen LogP contribution in [0.1, 0.15) is 18.0 Å². The zero-order valence-electron chi connectivity index (χ0n) is 11.0. The molecule has 1 aliphatic rings. The van der Waals surface area contributed by atoms with Crippen LogP contribution in [0, 0.1) is 0 Å². The number of para-hydroxylation sites is 1. The van der Waals surface area contributed by atoms with Gasteiger partial charge in [0.1, 0.15) is 17.6 Å². The fourth-order valence-corrected chi connectivity index (χ4v) is 3.07. The Morgan fingerprint density at radius 3 is 3.19 bits per heavy atom. The number of hydrogen-bond donors (Lipinski definition) is 2. The molecule has 3 heterocycles. The van der Waals surface area contributed by atoms with Gasteiger partial charge < -0.3 is 15.0 Å². The topological polar surface area (TPSA) is 75.7 Å². The first-order valence-corrected chi connectivity index (χ1v) is 7.44. The zero-order valence-corrected chi connectivity index (χ0v) is 12.6. The molecule has 4 rings (SSSR count). The van der Waals surface area contributed by atoms with E-state index in [1.807, 2.05) is 12.1 Å². The van der Waals surface area contributed by atoms with E-state index in [-0.39, 0.29) is 6.04 Å². The number of imidazole rings is 1. The number of aromatic amines is 1. The molecule has 21 heavy (non-hydrogen) atoms. The molecule has 0 spiro atoms. The van der Waals surface area contributed by atoms with E-state index in [1.165, 1.54) is 6.33 Å². The van der Waals surface area contributed by atoms with Gasteiger partial charge in [-0.05, 0) is 22.0 Å². The van der Waals surface area contributed by atoms with E-state index in [4.69, 9.17) is 4.74 Å². The zero-order chi connectivity index (χ0) is 14.2. The number of benzene rings is 1. The average molecular weight is 346 g/mol. The van der Waals surface area contributed by atoms with Crippen molar-refractivity contribution in [3.63, 3.8) is 0 Å². The van der Waals surface area contributed by atoms with Gasteiger partial charge in [0.25, 0.3) is 0 Å². The van der Waals surface area contributed by atoms with Crippen LogP contribution in [0.25, 0.3) is 11.2 Å². The molecule has 2 N–H and O–H groups in total. The van der Waals surface area contributed by atoms with E-state index in [9.17, 15) is 0 Å². The van der Waals surface area contributed by atoms with E-state index in [0.717, 1.165) is 33.5 Å². The number of nitrogens with zero attached hydrogens (tertiary/aromatic N) is 3. The summed E-state index contributed by atoms with van der Waals surface area (Å²) in [5, 5.41) is 3.47. The number of H-pyrrole nitrogens is 1. The number of aromatic nitrogens is 4. The van der Waals surface area contributed by atoms with Gasteiger partial charge in [0.2, 0.25) is 0 Å². The number of halogens is 1. The van der Waals surface area contributed by atoms with Gasteiger partial charge in [0, 0.05) is 12.0 Å². The summed E-state index contributed by atoms with van der Waals surface area (Å²) < 4.78 is 6.73. The third kappa shape index (κ3) is 2.13. The van der Waals surface area contributed by atoms with Crippen molar-refractivity contribution in [3.05, 3.63) is 40.9 Å².